The fraction of sp³-hybridized carbons (Fsp3) is 0.400. The molecular formula is C10H13N3OS2. The van der Waals surface area contributed by atoms with Crippen LogP contribution in [0.1, 0.15) is 15.4 Å². The van der Waals surface area contributed by atoms with E-state index in [0.717, 1.165) is 5.75 Å². The summed E-state index contributed by atoms with van der Waals surface area (Å²) in [7, 11) is 0. The maximum Gasteiger partial charge on any atom is 0.263 e. The molecule has 0 saturated heterocycles. The number of rotatable bonds is 5. The van der Waals surface area contributed by atoms with E-state index >= 15 is 0 Å². The molecule has 16 heavy (non-hydrogen) atoms. The second-order valence-corrected chi connectivity index (χ2v) is 5.12. The van der Waals surface area contributed by atoms with Crippen LogP contribution in [-0.4, -0.2) is 28.9 Å². The van der Waals surface area contributed by atoms with E-state index in [1.54, 1.807) is 18.7 Å². The van der Waals surface area contributed by atoms with E-state index in [0.29, 0.717) is 28.0 Å². The summed E-state index contributed by atoms with van der Waals surface area (Å²) in [5.74, 6) is 3.89. The zero-order chi connectivity index (χ0) is 12.0. The van der Waals surface area contributed by atoms with Crippen molar-refractivity contribution in [1.29, 1.82) is 0 Å². The van der Waals surface area contributed by atoms with Crippen molar-refractivity contribution in [2.75, 3.05) is 23.8 Å². The molecule has 0 saturated carbocycles. The summed E-state index contributed by atoms with van der Waals surface area (Å²) in [6.07, 6.45) is 5.11. The Kier molecular flexibility index (Phi) is 5.15. The van der Waals surface area contributed by atoms with E-state index in [1.807, 2.05) is 0 Å². The Hall–Kier alpha value is -1.19. The van der Waals surface area contributed by atoms with E-state index in [2.05, 4.69) is 16.2 Å². The lowest BCUT2D eigenvalue weighted by Crippen LogP contribution is -2.25. The van der Waals surface area contributed by atoms with Gasteiger partial charge in [-0.05, 0) is 6.92 Å². The number of nitrogens with zero attached hydrogens (tertiary/aromatic N) is 1. The van der Waals surface area contributed by atoms with Gasteiger partial charge < -0.3 is 11.1 Å². The summed E-state index contributed by atoms with van der Waals surface area (Å²) in [6, 6.07) is 0. The maximum absolute atomic E-state index is 11.7. The minimum Gasteiger partial charge on any atom is -0.375 e. The highest BCUT2D eigenvalue weighted by Gasteiger charge is 2.13. The number of carbonyl (C=O) groups excluding carboxylic acids is 1. The first kappa shape index (κ1) is 12.9. The Bertz CT molecular complexity index is 409. The first-order chi connectivity index (χ1) is 7.65. The highest BCUT2D eigenvalue weighted by molar-refractivity contribution is 7.99. The summed E-state index contributed by atoms with van der Waals surface area (Å²) >= 11 is 2.82. The lowest BCUT2D eigenvalue weighted by Gasteiger charge is -2.02. The van der Waals surface area contributed by atoms with Gasteiger partial charge in [0.05, 0.1) is 11.4 Å². The Labute approximate surface area is 103 Å². The van der Waals surface area contributed by atoms with E-state index < -0.39 is 0 Å². The summed E-state index contributed by atoms with van der Waals surface area (Å²) in [4.78, 5) is 16.2. The van der Waals surface area contributed by atoms with E-state index in [-0.39, 0.29) is 5.91 Å². The second-order valence-electron chi connectivity index (χ2n) is 2.98. The van der Waals surface area contributed by atoms with Crippen LogP contribution in [0.5, 0.6) is 0 Å². The number of anilines is 1. The molecule has 0 fully saturated rings. The van der Waals surface area contributed by atoms with Gasteiger partial charge >= 0.3 is 0 Å². The number of nitrogens with one attached hydrogen (secondary N) is 1. The summed E-state index contributed by atoms with van der Waals surface area (Å²) < 4.78 is 0. The van der Waals surface area contributed by atoms with Gasteiger partial charge in [-0.1, -0.05) is 17.3 Å². The second kappa shape index (κ2) is 6.40. The molecular weight excluding hydrogens is 242 g/mol. The van der Waals surface area contributed by atoms with Crippen LogP contribution < -0.4 is 11.1 Å². The summed E-state index contributed by atoms with van der Waals surface area (Å²) in [6.45, 7) is 2.37. The number of carbonyl (C=O) groups is 1. The van der Waals surface area contributed by atoms with Crippen LogP contribution in [0, 0.1) is 19.3 Å². The third kappa shape index (κ3) is 3.76. The van der Waals surface area contributed by atoms with Crippen LogP contribution in [0.2, 0.25) is 0 Å². The van der Waals surface area contributed by atoms with Gasteiger partial charge in [-0.3, -0.25) is 4.79 Å². The molecule has 1 heterocycles. The van der Waals surface area contributed by atoms with Crippen LogP contribution in [0.25, 0.3) is 0 Å². The third-order valence-corrected chi connectivity index (χ3v) is 3.59. The Morgan fingerprint density at radius 3 is 3.06 bits per heavy atom. The van der Waals surface area contributed by atoms with Gasteiger partial charge in [0.1, 0.15) is 4.88 Å². The molecule has 1 amide bonds. The average Bonchev–Trinajstić information content (AvgIpc) is 2.57. The molecule has 1 rings (SSSR count). The number of terminal acetylenes is 1. The molecule has 1 aromatic rings. The average molecular weight is 255 g/mol. The number of hydrogen-bond acceptors (Lipinski definition) is 5. The van der Waals surface area contributed by atoms with Gasteiger partial charge in [0.2, 0.25) is 0 Å². The van der Waals surface area contributed by atoms with Crippen LogP contribution >= 0.6 is 23.1 Å². The van der Waals surface area contributed by atoms with Gasteiger partial charge in [-0.25, -0.2) is 4.98 Å². The number of aromatic nitrogens is 1. The number of nitrogens with two attached hydrogens (primary N) is 1. The summed E-state index contributed by atoms with van der Waals surface area (Å²) in [5, 5.41) is 3.22. The largest absolute Gasteiger partial charge is 0.375 e. The van der Waals surface area contributed by atoms with Gasteiger partial charge in [0.15, 0.2) is 5.13 Å². The molecule has 0 spiro atoms. The van der Waals surface area contributed by atoms with E-state index in [1.165, 1.54) is 11.3 Å². The molecule has 3 N–H and O–H groups in total. The molecule has 0 bridgehead atoms. The fourth-order valence-corrected chi connectivity index (χ4v) is 2.33. The fourth-order valence-electron chi connectivity index (χ4n) is 1.08. The molecule has 4 nitrogen and oxygen atoms in total. The lowest BCUT2D eigenvalue weighted by atomic mass is 10.4. The van der Waals surface area contributed by atoms with Crippen LogP contribution in [0.15, 0.2) is 0 Å². The molecule has 0 aromatic carbocycles. The van der Waals surface area contributed by atoms with Crippen molar-refractivity contribution in [2.45, 2.75) is 6.92 Å². The predicted octanol–water partition coefficient (Wildman–Crippen LogP) is 1.13. The lowest BCUT2D eigenvalue weighted by molar-refractivity contribution is 0.0959. The Morgan fingerprint density at radius 1 is 1.75 bits per heavy atom. The van der Waals surface area contributed by atoms with Crippen molar-refractivity contribution < 1.29 is 4.79 Å². The number of hydrogen-bond donors (Lipinski definition) is 2. The zero-order valence-electron chi connectivity index (χ0n) is 8.95. The topological polar surface area (TPSA) is 68.0 Å². The molecule has 0 aliphatic carbocycles. The molecule has 6 heteroatoms. The van der Waals surface area contributed by atoms with Crippen LogP contribution in [-0.2, 0) is 0 Å². The first-order valence-corrected chi connectivity index (χ1v) is 6.64. The highest BCUT2D eigenvalue weighted by atomic mass is 32.2. The molecule has 0 radical (unpaired) electrons. The number of thiazole rings is 1. The normalized spacial score (nSPS) is 9.75. The minimum absolute atomic E-state index is 0.118. The number of nitrogen functional groups attached to an aromatic ring is 1. The smallest absolute Gasteiger partial charge is 0.263 e. The van der Waals surface area contributed by atoms with Gasteiger partial charge in [0, 0.05) is 12.3 Å². The van der Waals surface area contributed by atoms with Crippen LogP contribution in [0.4, 0.5) is 5.13 Å². The van der Waals surface area contributed by atoms with Crippen molar-refractivity contribution in [1.82, 2.24) is 10.3 Å². The predicted molar refractivity (Wildman–Crippen MR) is 69.8 cm³/mol. The molecule has 1 aromatic heterocycles. The molecule has 0 aliphatic heterocycles. The van der Waals surface area contributed by atoms with Gasteiger partial charge in [-0.2, -0.15) is 0 Å². The number of amides is 1. The highest BCUT2D eigenvalue weighted by Crippen LogP contribution is 2.19. The quantitative estimate of drug-likeness (QED) is 0.611. The number of aryl methyl sites for hydroxylation is 1. The van der Waals surface area contributed by atoms with Crippen molar-refractivity contribution >= 4 is 34.1 Å². The maximum atomic E-state index is 11.7. The molecule has 0 aliphatic rings. The number of thioether (sulfide) groups is 1. The van der Waals surface area contributed by atoms with Crippen molar-refractivity contribution in [2.24, 2.45) is 0 Å². The minimum atomic E-state index is -0.118. The molecule has 0 unspecified atom stereocenters. The Morgan fingerprint density at radius 2 is 2.50 bits per heavy atom. The van der Waals surface area contributed by atoms with E-state index in [4.69, 9.17) is 12.2 Å². The van der Waals surface area contributed by atoms with Crippen molar-refractivity contribution in [3.63, 3.8) is 0 Å². The molecule has 86 valence electrons. The standard InChI is InChI=1S/C10H13N3OS2/c1-3-5-15-6-4-12-9(14)8-7(2)13-10(11)16-8/h1H,4-6H2,2H3,(H2,11,13)(H,12,14). The van der Waals surface area contributed by atoms with E-state index in [9.17, 15) is 4.79 Å². The zero-order valence-corrected chi connectivity index (χ0v) is 10.6. The summed E-state index contributed by atoms with van der Waals surface area (Å²) in [5.41, 5.74) is 6.19. The first-order valence-electron chi connectivity index (χ1n) is 4.67. The molecule has 0 atom stereocenters. The van der Waals surface area contributed by atoms with Crippen molar-refractivity contribution in [3.05, 3.63) is 10.6 Å². The van der Waals surface area contributed by atoms with Crippen molar-refractivity contribution in [3.8, 4) is 12.3 Å². The van der Waals surface area contributed by atoms with Crippen LogP contribution in [0.3, 0.4) is 0 Å². The Balaban J connectivity index is 2.36. The van der Waals surface area contributed by atoms with Gasteiger partial charge in [-0.15, -0.1) is 18.2 Å². The van der Waals surface area contributed by atoms with Gasteiger partial charge in [0.25, 0.3) is 5.91 Å². The SMILES string of the molecule is C#CCSCCNC(=O)c1sc(N)nc1C. The monoisotopic (exact) mass is 255 g/mol. The third-order valence-electron chi connectivity index (χ3n) is 1.74.